The van der Waals surface area contributed by atoms with Crippen molar-refractivity contribution in [3.05, 3.63) is 17.2 Å². The number of nitrogens with one attached hydrogen (secondary N) is 1. The summed E-state index contributed by atoms with van der Waals surface area (Å²) in [7, 11) is 5.42. The third kappa shape index (κ3) is 4.40. The lowest BCUT2D eigenvalue weighted by Crippen LogP contribution is -2.45. The number of ether oxygens (including phenoxy) is 2. The summed E-state index contributed by atoms with van der Waals surface area (Å²) < 4.78 is 10.6. The van der Waals surface area contributed by atoms with Crippen molar-refractivity contribution in [1.29, 1.82) is 0 Å². The second kappa shape index (κ2) is 7.73. The van der Waals surface area contributed by atoms with Crippen molar-refractivity contribution >= 4 is 17.3 Å². The number of nitrogens with zero attached hydrogens (tertiary/aromatic N) is 2. The van der Waals surface area contributed by atoms with Gasteiger partial charge in [0, 0.05) is 51.4 Å². The normalized spacial score (nSPS) is 16.8. The minimum Gasteiger partial charge on any atom is -0.495 e. The molecule has 6 heteroatoms. The molecule has 0 bridgehead atoms. The van der Waals surface area contributed by atoms with Crippen molar-refractivity contribution in [2.24, 2.45) is 0 Å². The maximum atomic E-state index is 6.10. The van der Waals surface area contributed by atoms with Crippen molar-refractivity contribution in [3.63, 3.8) is 0 Å². The molecule has 1 heterocycles. The van der Waals surface area contributed by atoms with Crippen LogP contribution < -0.4 is 14.8 Å². The zero-order chi connectivity index (χ0) is 15.2. The summed E-state index contributed by atoms with van der Waals surface area (Å²) in [6, 6.07) is 3.66. The van der Waals surface area contributed by atoms with Gasteiger partial charge in [-0.15, -0.1) is 0 Å². The van der Waals surface area contributed by atoms with E-state index in [1.807, 2.05) is 6.07 Å². The highest BCUT2D eigenvalue weighted by atomic mass is 35.5. The quantitative estimate of drug-likeness (QED) is 0.869. The summed E-state index contributed by atoms with van der Waals surface area (Å²) in [4.78, 5) is 4.82. The molecule has 21 heavy (non-hydrogen) atoms. The van der Waals surface area contributed by atoms with Gasteiger partial charge in [0.05, 0.1) is 24.9 Å². The maximum absolute atomic E-state index is 6.10. The Balaban J connectivity index is 1.90. The van der Waals surface area contributed by atoms with Gasteiger partial charge in [-0.05, 0) is 7.05 Å². The van der Waals surface area contributed by atoms with E-state index in [0.29, 0.717) is 10.8 Å². The van der Waals surface area contributed by atoms with Gasteiger partial charge in [0.2, 0.25) is 0 Å². The first-order valence-corrected chi connectivity index (χ1v) is 7.58. The molecular formula is C15H24ClN3O2. The first kappa shape index (κ1) is 16.2. The molecule has 0 amide bonds. The third-order valence-electron chi connectivity index (χ3n) is 3.81. The van der Waals surface area contributed by atoms with Crippen LogP contribution in [0.25, 0.3) is 0 Å². The molecule has 0 saturated carbocycles. The van der Waals surface area contributed by atoms with E-state index in [1.54, 1.807) is 20.3 Å². The number of piperazine rings is 1. The molecule has 118 valence electrons. The number of benzene rings is 1. The average Bonchev–Trinajstić information content (AvgIpc) is 2.50. The van der Waals surface area contributed by atoms with Crippen molar-refractivity contribution in [2.45, 2.75) is 0 Å². The molecule has 1 N–H and O–H groups in total. The van der Waals surface area contributed by atoms with E-state index in [2.05, 4.69) is 22.2 Å². The summed E-state index contributed by atoms with van der Waals surface area (Å²) >= 11 is 6.10. The number of methoxy groups -OCH3 is 2. The summed E-state index contributed by atoms with van der Waals surface area (Å²) in [6.07, 6.45) is 0. The fourth-order valence-corrected chi connectivity index (χ4v) is 2.65. The molecular weight excluding hydrogens is 290 g/mol. The average molecular weight is 314 g/mol. The Morgan fingerprint density at radius 2 is 1.76 bits per heavy atom. The van der Waals surface area contributed by atoms with E-state index >= 15 is 0 Å². The Morgan fingerprint density at radius 1 is 1.10 bits per heavy atom. The molecule has 5 nitrogen and oxygen atoms in total. The lowest BCUT2D eigenvalue weighted by atomic mass is 10.2. The lowest BCUT2D eigenvalue weighted by Gasteiger charge is -2.32. The minimum atomic E-state index is 0.555. The Labute approximate surface area is 131 Å². The van der Waals surface area contributed by atoms with E-state index < -0.39 is 0 Å². The van der Waals surface area contributed by atoms with Crippen molar-refractivity contribution in [2.75, 3.05) is 65.9 Å². The summed E-state index contributed by atoms with van der Waals surface area (Å²) in [5, 5.41) is 3.96. The molecule has 1 saturated heterocycles. The fourth-order valence-electron chi connectivity index (χ4n) is 2.42. The van der Waals surface area contributed by atoms with Gasteiger partial charge in [0.15, 0.2) is 0 Å². The number of anilines is 1. The number of likely N-dealkylation sites (N-methyl/N-ethyl adjacent to an activating group) is 1. The van der Waals surface area contributed by atoms with Crippen LogP contribution in [0.2, 0.25) is 5.02 Å². The van der Waals surface area contributed by atoms with Gasteiger partial charge in [0.1, 0.15) is 11.5 Å². The molecule has 0 aromatic heterocycles. The zero-order valence-corrected chi connectivity index (χ0v) is 13.7. The lowest BCUT2D eigenvalue weighted by molar-refractivity contribution is 0.158. The van der Waals surface area contributed by atoms with Gasteiger partial charge in [0.25, 0.3) is 0 Å². The molecule has 1 aromatic rings. The molecule has 0 radical (unpaired) electrons. The predicted octanol–water partition coefficient (Wildman–Crippen LogP) is 2.02. The first-order valence-electron chi connectivity index (χ1n) is 7.20. The minimum absolute atomic E-state index is 0.555. The Hall–Kier alpha value is -1.17. The van der Waals surface area contributed by atoms with Crippen LogP contribution in [0.5, 0.6) is 11.5 Å². The first-order chi connectivity index (χ1) is 10.1. The van der Waals surface area contributed by atoms with Crippen LogP contribution >= 0.6 is 11.6 Å². The highest BCUT2D eigenvalue weighted by Crippen LogP contribution is 2.35. The Kier molecular flexibility index (Phi) is 5.96. The largest absolute Gasteiger partial charge is 0.495 e. The molecule has 2 rings (SSSR count). The third-order valence-corrected chi connectivity index (χ3v) is 4.11. The Morgan fingerprint density at radius 3 is 2.38 bits per heavy atom. The van der Waals surface area contributed by atoms with E-state index in [0.717, 1.165) is 50.7 Å². The van der Waals surface area contributed by atoms with Crippen LogP contribution in [0.15, 0.2) is 12.1 Å². The summed E-state index contributed by atoms with van der Waals surface area (Å²) in [6.45, 7) is 6.40. The van der Waals surface area contributed by atoms with Gasteiger partial charge in [-0.25, -0.2) is 0 Å². The number of hydrogen-bond acceptors (Lipinski definition) is 5. The molecule has 0 aliphatic carbocycles. The molecule has 1 aliphatic rings. The van der Waals surface area contributed by atoms with Crippen LogP contribution in [-0.2, 0) is 0 Å². The van der Waals surface area contributed by atoms with Crippen LogP contribution in [0, 0.1) is 0 Å². The zero-order valence-electron chi connectivity index (χ0n) is 13.0. The van der Waals surface area contributed by atoms with Crippen molar-refractivity contribution in [3.8, 4) is 11.5 Å². The van der Waals surface area contributed by atoms with E-state index in [-0.39, 0.29) is 0 Å². The maximum Gasteiger partial charge on any atom is 0.143 e. The standard InChI is InChI=1S/C15H24ClN3O2/c1-18-6-8-19(9-7-18)5-4-17-13-11-14(20-2)12(16)10-15(13)21-3/h10-11,17H,4-9H2,1-3H3. The molecule has 0 unspecified atom stereocenters. The second-order valence-corrected chi connectivity index (χ2v) is 5.67. The fraction of sp³-hybridized carbons (Fsp3) is 0.600. The van der Waals surface area contributed by atoms with Gasteiger partial charge < -0.3 is 19.7 Å². The highest BCUT2D eigenvalue weighted by molar-refractivity contribution is 6.32. The van der Waals surface area contributed by atoms with Gasteiger partial charge in [-0.1, -0.05) is 11.6 Å². The number of rotatable bonds is 6. The van der Waals surface area contributed by atoms with E-state index in [9.17, 15) is 0 Å². The number of halogens is 1. The summed E-state index contributed by atoms with van der Waals surface area (Å²) in [5.41, 5.74) is 0.910. The number of hydrogen-bond donors (Lipinski definition) is 1. The van der Waals surface area contributed by atoms with Crippen LogP contribution in [-0.4, -0.2) is 70.3 Å². The molecule has 1 aliphatic heterocycles. The highest BCUT2D eigenvalue weighted by Gasteiger charge is 2.14. The van der Waals surface area contributed by atoms with Crippen molar-refractivity contribution < 1.29 is 9.47 Å². The van der Waals surface area contributed by atoms with Gasteiger partial charge >= 0.3 is 0 Å². The van der Waals surface area contributed by atoms with Crippen molar-refractivity contribution in [1.82, 2.24) is 9.80 Å². The second-order valence-electron chi connectivity index (χ2n) is 5.26. The van der Waals surface area contributed by atoms with Crippen LogP contribution in [0.1, 0.15) is 0 Å². The summed E-state index contributed by atoms with van der Waals surface area (Å²) in [5.74, 6) is 1.39. The van der Waals surface area contributed by atoms with Gasteiger partial charge in [-0.3, -0.25) is 4.90 Å². The predicted molar refractivity (Wildman–Crippen MR) is 87.0 cm³/mol. The molecule has 0 atom stereocenters. The van der Waals surface area contributed by atoms with Gasteiger partial charge in [-0.2, -0.15) is 0 Å². The topological polar surface area (TPSA) is 37.0 Å². The SMILES string of the molecule is COc1cc(NCCN2CCN(C)CC2)c(OC)cc1Cl. The van der Waals surface area contributed by atoms with Crippen LogP contribution in [0.3, 0.4) is 0 Å². The Bertz CT molecular complexity index is 462. The van der Waals surface area contributed by atoms with E-state index in [4.69, 9.17) is 21.1 Å². The molecule has 1 fully saturated rings. The van der Waals surface area contributed by atoms with E-state index in [1.165, 1.54) is 0 Å². The molecule has 0 spiro atoms. The molecule has 1 aromatic carbocycles. The monoisotopic (exact) mass is 313 g/mol. The smallest absolute Gasteiger partial charge is 0.143 e. The van der Waals surface area contributed by atoms with Crippen LogP contribution in [0.4, 0.5) is 5.69 Å².